The molecule has 2 aromatic carbocycles. The quantitative estimate of drug-likeness (QED) is 0.462. The minimum Gasteiger partial charge on any atom is -0.496 e. The third-order valence-corrected chi connectivity index (χ3v) is 3.44. The molecule has 0 saturated heterocycles. The van der Waals surface area contributed by atoms with Crippen molar-refractivity contribution in [1.82, 2.24) is 0 Å². The van der Waals surface area contributed by atoms with Crippen molar-refractivity contribution in [2.24, 2.45) is 0 Å². The summed E-state index contributed by atoms with van der Waals surface area (Å²) < 4.78 is 15.9. The maximum Gasteiger partial charge on any atom is 0.203 e. The summed E-state index contributed by atoms with van der Waals surface area (Å²) in [5.41, 5.74) is 0.932. The predicted molar refractivity (Wildman–Crippen MR) is 90.5 cm³/mol. The standard InChI is InChI=1S/C19H17NO4/c1-22-15-10-17(23-2)16(18(11-15)24-3)9-14(12-20)19(21)13-7-5-4-6-8-13/h4-11H,1-3H3/b14-9+. The number of nitrogens with zero attached hydrogens (tertiary/aromatic N) is 1. The lowest BCUT2D eigenvalue weighted by Gasteiger charge is -2.13. The number of allylic oxidation sites excluding steroid dienone is 1. The molecule has 122 valence electrons. The van der Waals surface area contributed by atoms with Gasteiger partial charge in [-0.25, -0.2) is 0 Å². The Kier molecular flexibility index (Phi) is 5.58. The molecule has 5 heteroatoms. The van der Waals surface area contributed by atoms with Crippen molar-refractivity contribution in [3.63, 3.8) is 0 Å². The van der Waals surface area contributed by atoms with Crippen LogP contribution in [0.15, 0.2) is 48.0 Å². The first-order valence-electron chi connectivity index (χ1n) is 7.16. The van der Waals surface area contributed by atoms with Crippen molar-refractivity contribution in [3.8, 4) is 23.3 Å². The fourth-order valence-corrected chi connectivity index (χ4v) is 2.21. The Bertz CT molecular complexity index is 779. The summed E-state index contributed by atoms with van der Waals surface area (Å²) in [6, 6.07) is 13.9. The number of ketones is 1. The highest BCUT2D eigenvalue weighted by molar-refractivity contribution is 6.14. The molecule has 0 aliphatic rings. The second-order valence-corrected chi connectivity index (χ2v) is 4.81. The topological polar surface area (TPSA) is 68.5 Å². The van der Waals surface area contributed by atoms with Crippen LogP contribution in [0.25, 0.3) is 6.08 Å². The van der Waals surface area contributed by atoms with E-state index in [0.717, 1.165) is 0 Å². The van der Waals surface area contributed by atoms with E-state index in [0.29, 0.717) is 28.4 Å². The van der Waals surface area contributed by atoms with Crippen LogP contribution in [-0.2, 0) is 0 Å². The predicted octanol–water partition coefficient (Wildman–Crippen LogP) is 3.50. The smallest absolute Gasteiger partial charge is 0.203 e. The van der Waals surface area contributed by atoms with E-state index in [1.165, 1.54) is 27.4 Å². The Morgan fingerprint density at radius 2 is 1.58 bits per heavy atom. The van der Waals surface area contributed by atoms with E-state index in [9.17, 15) is 10.1 Å². The zero-order chi connectivity index (χ0) is 17.5. The van der Waals surface area contributed by atoms with Gasteiger partial charge < -0.3 is 14.2 Å². The normalized spacial score (nSPS) is 10.7. The Hall–Kier alpha value is -3.26. The number of methoxy groups -OCH3 is 3. The van der Waals surface area contributed by atoms with Crippen LogP contribution in [0.5, 0.6) is 17.2 Å². The molecule has 0 N–H and O–H groups in total. The largest absolute Gasteiger partial charge is 0.496 e. The Morgan fingerprint density at radius 3 is 2.04 bits per heavy atom. The van der Waals surface area contributed by atoms with Crippen molar-refractivity contribution in [3.05, 3.63) is 59.2 Å². The number of benzene rings is 2. The number of ether oxygens (including phenoxy) is 3. The Balaban J connectivity index is 2.55. The maximum atomic E-state index is 12.5. The minimum atomic E-state index is -0.363. The first-order chi connectivity index (χ1) is 11.6. The van der Waals surface area contributed by atoms with E-state index in [1.54, 1.807) is 36.4 Å². The van der Waals surface area contributed by atoms with Crippen molar-refractivity contribution >= 4 is 11.9 Å². The van der Waals surface area contributed by atoms with E-state index in [1.807, 2.05) is 12.1 Å². The molecule has 0 heterocycles. The average molecular weight is 323 g/mol. The molecule has 0 amide bonds. The number of nitriles is 1. The lowest BCUT2D eigenvalue weighted by Crippen LogP contribution is -2.02. The van der Waals surface area contributed by atoms with E-state index >= 15 is 0 Å². The van der Waals surface area contributed by atoms with E-state index < -0.39 is 0 Å². The van der Waals surface area contributed by atoms with Gasteiger partial charge in [-0.3, -0.25) is 4.79 Å². The molecular formula is C19H17NO4. The third-order valence-electron chi connectivity index (χ3n) is 3.44. The molecule has 2 aromatic rings. The van der Waals surface area contributed by atoms with Crippen LogP contribution in [0.4, 0.5) is 0 Å². The summed E-state index contributed by atoms with van der Waals surface area (Å²) in [4.78, 5) is 12.5. The van der Waals surface area contributed by atoms with Gasteiger partial charge in [-0.15, -0.1) is 0 Å². The highest BCUT2D eigenvalue weighted by Crippen LogP contribution is 2.35. The monoisotopic (exact) mass is 323 g/mol. The van der Waals surface area contributed by atoms with Gasteiger partial charge in [-0.2, -0.15) is 5.26 Å². The molecule has 0 fully saturated rings. The summed E-state index contributed by atoms with van der Waals surface area (Å²) in [5, 5.41) is 9.40. The minimum absolute atomic E-state index is 0.0111. The number of hydrogen-bond acceptors (Lipinski definition) is 5. The van der Waals surface area contributed by atoms with E-state index in [-0.39, 0.29) is 11.4 Å². The average Bonchev–Trinajstić information content (AvgIpc) is 2.65. The summed E-state index contributed by atoms with van der Waals surface area (Å²) in [7, 11) is 4.52. The maximum absolute atomic E-state index is 12.5. The Morgan fingerprint density at radius 1 is 1.00 bits per heavy atom. The molecule has 0 saturated carbocycles. The molecule has 0 aliphatic carbocycles. The third kappa shape index (κ3) is 3.55. The van der Waals surface area contributed by atoms with E-state index in [2.05, 4.69) is 0 Å². The molecule has 0 unspecified atom stereocenters. The fourth-order valence-electron chi connectivity index (χ4n) is 2.21. The SMILES string of the molecule is COc1cc(OC)c(/C=C(\C#N)C(=O)c2ccccc2)c(OC)c1. The van der Waals surface area contributed by atoms with Gasteiger partial charge >= 0.3 is 0 Å². The number of carbonyl (C=O) groups is 1. The number of rotatable bonds is 6. The molecule has 0 atom stereocenters. The van der Waals surface area contributed by atoms with Crippen molar-refractivity contribution in [2.75, 3.05) is 21.3 Å². The van der Waals surface area contributed by atoms with Crippen molar-refractivity contribution < 1.29 is 19.0 Å². The second-order valence-electron chi connectivity index (χ2n) is 4.81. The molecule has 0 aliphatic heterocycles. The molecule has 2 rings (SSSR count). The van der Waals surface area contributed by atoms with Gasteiger partial charge in [0.25, 0.3) is 0 Å². The molecular weight excluding hydrogens is 306 g/mol. The number of carbonyl (C=O) groups excluding carboxylic acids is 1. The van der Waals surface area contributed by atoms with Crippen LogP contribution in [0, 0.1) is 11.3 Å². The highest BCUT2D eigenvalue weighted by Gasteiger charge is 2.16. The summed E-state index contributed by atoms with van der Waals surface area (Å²) in [6.07, 6.45) is 1.46. The molecule has 24 heavy (non-hydrogen) atoms. The number of hydrogen-bond donors (Lipinski definition) is 0. The fraction of sp³-hybridized carbons (Fsp3) is 0.158. The van der Waals surface area contributed by atoms with Crippen LogP contribution in [0.2, 0.25) is 0 Å². The van der Waals surface area contributed by atoms with Gasteiger partial charge in [0.15, 0.2) is 0 Å². The zero-order valence-electron chi connectivity index (χ0n) is 13.7. The molecule has 0 radical (unpaired) electrons. The van der Waals surface area contributed by atoms with Crippen LogP contribution in [-0.4, -0.2) is 27.1 Å². The molecule has 0 aromatic heterocycles. The van der Waals surface area contributed by atoms with Crippen LogP contribution < -0.4 is 14.2 Å². The van der Waals surface area contributed by atoms with Gasteiger partial charge in [-0.1, -0.05) is 30.3 Å². The van der Waals surface area contributed by atoms with Crippen LogP contribution in [0.3, 0.4) is 0 Å². The summed E-state index contributed by atoms with van der Waals surface area (Å²) in [5.74, 6) is 1.08. The van der Waals surface area contributed by atoms with Crippen LogP contribution in [0.1, 0.15) is 15.9 Å². The van der Waals surface area contributed by atoms with Gasteiger partial charge in [0.2, 0.25) is 5.78 Å². The lowest BCUT2D eigenvalue weighted by molar-refractivity contribution is 0.104. The van der Waals surface area contributed by atoms with Crippen molar-refractivity contribution in [2.45, 2.75) is 0 Å². The summed E-state index contributed by atoms with van der Waals surface area (Å²) >= 11 is 0. The molecule has 0 spiro atoms. The zero-order valence-corrected chi connectivity index (χ0v) is 13.7. The first-order valence-corrected chi connectivity index (χ1v) is 7.16. The van der Waals surface area contributed by atoms with Gasteiger partial charge in [0, 0.05) is 17.7 Å². The number of Topliss-reactive ketones (excluding diaryl/α,β-unsaturated/α-hetero) is 1. The lowest BCUT2D eigenvalue weighted by atomic mass is 10.0. The van der Waals surface area contributed by atoms with Gasteiger partial charge in [0.1, 0.15) is 28.9 Å². The van der Waals surface area contributed by atoms with Gasteiger partial charge in [-0.05, 0) is 6.08 Å². The van der Waals surface area contributed by atoms with Crippen LogP contribution >= 0.6 is 0 Å². The Labute approximate surface area is 140 Å². The first kappa shape index (κ1) is 17.1. The second kappa shape index (κ2) is 7.84. The molecule has 0 bridgehead atoms. The molecule has 5 nitrogen and oxygen atoms in total. The van der Waals surface area contributed by atoms with Crippen molar-refractivity contribution in [1.29, 1.82) is 5.26 Å². The van der Waals surface area contributed by atoms with Gasteiger partial charge in [0.05, 0.1) is 26.9 Å². The van der Waals surface area contributed by atoms with E-state index in [4.69, 9.17) is 14.2 Å². The summed E-state index contributed by atoms with van der Waals surface area (Å²) in [6.45, 7) is 0. The highest BCUT2D eigenvalue weighted by atomic mass is 16.5.